The number of hydrogen-bond donors (Lipinski definition) is 1. The Labute approximate surface area is 50.3 Å². The zero-order valence-electron chi connectivity index (χ0n) is 5.79. The Balaban J connectivity index is 3.11. The molecule has 0 rings (SSSR count). The van der Waals surface area contributed by atoms with Crippen molar-refractivity contribution in [2.24, 2.45) is 0 Å². The Bertz CT molecular complexity index is 56.0. The molecule has 2 heteroatoms. The summed E-state index contributed by atoms with van der Waals surface area (Å²) in [5.41, 5.74) is 0.0616. The maximum atomic E-state index is 11.5. The Morgan fingerprint density at radius 3 is 2.00 bits per heavy atom. The molecule has 0 aromatic carbocycles. The summed E-state index contributed by atoms with van der Waals surface area (Å²) in [6.45, 7) is 6.23. The van der Waals surface area contributed by atoms with Gasteiger partial charge in [-0.1, -0.05) is 0 Å². The molecule has 0 amide bonds. The number of halogens is 1. The van der Waals surface area contributed by atoms with Gasteiger partial charge in [-0.05, 0) is 20.8 Å². The van der Waals surface area contributed by atoms with Gasteiger partial charge in [0.2, 0.25) is 0 Å². The van der Waals surface area contributed by atoms with Crippen molar-refractivity contribution >= 4 is 0 Å². The molecule has 0 atom stereocenters. The fourth-order valence-electron chi connectivity index (χ4n) is 0.422. The van der Waals surface area contributed by atoms with Gasteiger partial charge in [-0.2, -0.15) is 0 Å². The Morgan fingerprint density at radius 1 is 1.38 bits per heavy atom. The van der Waals surface area contributed by atoms with Crippen molar-refractivity contribution in [3.8, 4) is 0 Å². The molecule has 0 saturated heterocycles. The smallest absolute Gasteiger partial charge is 0.102 e. The molecule has 0 radical (unpaired) electrons. The predicted octanol–water partition coefficient (Wildman–Crippen LogP) is 1.34. The van der Waals surface area contributed by atoms with Crippen molar-refractivity contribution in [1.29, 1.82) is 0 Å². The van der Waals surface area contributed by atoms with Gasteiger partial charge in [-0.25, -0.2) is 4.39 Å². The summed E-state index contributed by atoms with van der Waals surface area (Å²) in [6, 6.07) is 0. The molecule has 8 heavy (non-hydrogen) atoms. The van der Waals surface area contributed by atoms with Gasteiger partial charge < -0.3 is 5.32 Å². The van der Waals surface area contributed by atoms with Crippen molar-refractivity contribution in [2.75, 3.05) is 13.2 Å². The van der Waals surface area contributed by atoms with Gasteiger partial charge in [-0.15, -0.1) is 0 Å². The van der Waals surface area contributed by atoms with Crippen LogP contribution in [0, 0.1) is 0 Å². The minimum atomic E-state index is -0.280. The molecule has 0 aliphatic rings. The fraction of sp³-hybridized carbons (Fsp3) is 1.00. The molecule has 1 nitrogen and oxygen atoms in total. The highest BCUT2D eigenvalue weighted by Crippen LogP contribution is 1.96. The molecule has 0 spiro atoms. The summed E-state index contributed by atoms with van der Waals surface area (Å²) in [7, 11) is 0. The number of alkyl halides is 1. The standard InChI is InChI=1S/C6H14FN/c1-6(2,3)8-5-4-7/h8H,4-5H2,1-3H3. The van der Waals surface area contributed by atoms with Crippen LogP contribution in [0.25, 0.3) is 0 Å². The van der Waals surface area contributed by atoms with Crippen molar-refractivity contribution < 1.29 is 4.39 Å². The lowest BCUT2D eigenvalue weighted by atomic mass is 10.1. The fourth-order valence-corrected chi connectivity index (χ4v) is 0.422. The molecule has 1 N–H and O–H groups in total. The van der Waals surface area contributed by atoms with E-state index in [1.54, 1.807) is 0 Å². The Kier molecular flexibility index (Phi) is 2.98. The van der Waals surface area contributed by atoms with Gasteiger partial charge in [-0.3, -0.25) is 0 Å². The largest absolute Gasteiger partial charge is 0.309 e. The minimum absolute atomic E-state index is 0.0616. The quantitative estimate of drug-likeness (QED) is 0.578. The van der Waals surface area contributed by atoms with Crippen molar-refractivity contribution in [2.45, 2.75) is 26.3 Å². The van der Waals surface area contributed by atoms with E-state index in [2.05, 4.69) is 5.32 Å². The van der Waals surface area contributed by atoms with Crippen molar-refractivity contribution in [3.05, 3.63) is 0 Å². The van der Waals surface area contributed by atoms with Gasteiger partial charge >= 0.3 is 0 Å². The Morgan fingerprint density at radius 2 is 1.88 bits per heavy atom. The minimum Gasteiger partial charge on any atom is -0.309 e. The first kappa shape index (κ1) is 7.89. The van der Waals surface area contributed by atoms with Crippen LogP contribution in [0.15, 0.2) is 0 Å². The summed E-state index contributed by atoms with van der Waals surface area (Å²) in [6.07, 6.45) is 0. The van der Waals surface area contributed by atoms with Crippen LogP contribution < -0.4 is 5.32 Å². The number of rotatable bonds is 2. The SMILES string of the molecule is CC(C)(C)NCCF. The molecular formula is C6H14FN. The molecule has 0 aromatic rings. The average molecular weight is 119 g/mol. The van der Waals surface area contributed by atoms with Crippen LogP contribution in [-0.4, -0.2) is 18.8 Å². The van der Waals surface area contributed by atoms with Gasteiger partial charge in [0.05, 0.1) is 0 Å². The third kappa shape index (κ3) is 5.89. The number of hydrogen-bond acceptors (Lipinski definition) is 1. The molecular weight excluding hydrogens is 105 g/mol. The topological polar surface area (TPSA) is 12.0 Å². The summed E-state index contributed by atoms with van der Waals surface area (Å²) < 4.78 is 11.5. The van der Waals surface area contributed by atoms with E-state index in [9.17, 15) is 4.39 Å². The van der Waals surface area contributed by atoms with E-state index < -0.39 is 0 Å². The van der Waals surface area contributed by atoms with E-state index in [1.165, 1.54) is 0 Å². The summed E-state index contributed by atoms with van der Waals surface area (Å²) in [4.78, 5) is 0. The first-order valence-corrected chi connectivity index (χ1v) is 2.87. The van der Waals surface area contributed by atoms with E-state index in [1.807, 2.05) is 20.8 Å². The summed E-state index contributed by atoms with van der Waals surface area (Å²) >= 11 is 0. The van der Waals surface area contributed by atoms with E-state index >= 15 is 0 Å². The summed E-state index contributed by atoms with van der Waals surface area (Å²) in [5, 5.41) is 3.00. The molecule has 0 saturated carbocycles. The average Bonchev–Trinajstić information content (AvgIpc) is 1.59. The Hall–Kier alpha value is -0.110. The van der Waals surface area contributed by atoms with Crippen LogP contribution >= 0.6 is 0 Å². The van der Waals surface area contributed by atoms with E-state index in [-0.39, 0.29) is 12.2 Å². The van der Waals surface area contributed by atoms with Crippen LogP contribution in [0.4, 0.5) is 4.39 Å². The normalized spacial score (nSPS) is 12.0. The highest BCUT2D eigenvalue weighted by atomic mass is 19.1. The van der Waals surface area contributed by atoms with Crippen molar-refractivity contribution in [1.82, 2.24) is 5.32 Å². The highest BCUT2D eigenvalue weighted by molar-refractivity contribution is 4.68. The molecule has 50 valence electrons. The van der Waals surface area contributed by atoms with Crippen LogP contribution in [0.2, 0.25) is 0 Å². The van der Waals surface area contributed by atoms with Gasteiger partial charge in [0.25, 0.3) is 0 Å². The second-order valence-corrected chi connectivity index (χ2v) is 2.87. The molecule has 0 heterocycles. The zero-order valence-corrected chi connectivity index (χ0v) is 5.79. The van der Waals surface area contributed by atoms with Crippen LogP contribution in [-0.2, 0) is 0 Å². The van der Waals surface area contributed by atoms with Gasteiger partial charge in [0.15, 0.2) is 0 Å². The van der Waals surface area contributed by atoms with E-state index in [0.717, 1.165) is 0 Å². The molecule has 0 fully saturated rings. The van der Waals surface area contributed by atoms with Gasteiger partial charge in [0, 0.05) is 12.1 Å². The van der Waals surface area contributed by atoms with Gasteiger partial charge in [0.1, 0.15) is 6.67 Å². The van der Waals surface area contributed by atoms with Crippen LogP contribution in [0.1, 0.15) is 20.8 Å². The predicted molar refractivity (Wildman–Crippen MR) is 33.7 cm³/mol. The highest BCUT2D eigenvalue weighted by Gasteiger charge is 2.06. The van der Waals surface area contributed by atoms with E-state index in [0.29, 0.717) is 6.54 Å². The molecule has 0 aliphatic heterocycles. The molecule has 0 bridgehead atoms. The van der Waals surface area contributed by atoms with Crippen LogP contribution in [0.3, 0.4) is 0 Å². The molecule has 0 unspecified atom stereocenters. The van der Waals surface area contributed by atoms with E-state index in [4.69, 9.17) is 0 Å². The number of nitrogens with one attached hydrogen (secondary N) is 1. The monoisotopic (exact) mass is 119 g/mol. The second kappa shape index (κ2) is 3.02. The lowest BCUT2D eigenvalue weighted by Gasteiger charge is -2.18. The van der Waals surface area contributed by atoms with Crippen molar-refractivity contribution in [3.63, 3.8) is 0 Å². The third-order valence-electron chi connectivity index (χ3n) is 0.750. The molecule has 0 aromatic heterocycles. The maximum absolute atomic E-state index is 11.5. The van der Waals surface area contributed by atoms with Crippen LogP contribution in [0.5, 0.6) is 0 Å². The zero-order chi connectivity index (χ0) is 6.62. The maximum Gasteiger partial charge on any atom is 0.102 e. The third-order valence-corrected chi connectivity index (χ3v) is 0.750. The molecule has 0 aliphatic carbocycles. The first-order valence-electron chi connectivity index (χ1n) is 2.87. The lowest BCUT2D eigenvalue weighted by molar-refractivity contribution is 0.381. The summed E-state index contributed by atoms with van der Waals surface area (Å²) in [5.74, 6) is 0. The second-order valence-electron chi connectivity index (χ2n) is 2.87. The first-order chi connectivity index (χ1) is 3.56. The lowest BCUT2D eigenvalue weighted by Crippen LogP contribution is -2.37.